The number of aliphatic hydroxyl groups is 1. The molecule has 0 bridgehead atoms. The van der Waals surface area contributed by atoms with Crippen LogP contribution in [0.25, 0.3) is 0 Å². The highest BCUT2D eigenvalue weighted by Gasteiger charge is 2.56. The summed E-state index contributed by atoms with van der Waals surface area (Å²) in [5.41, 5.74) is 0. The zero-order valence-electron chi connectivity index (χ0n) is 25.6. The fraction of sp³-hybridized carbons (Fsp3) is 0.963. The van der Waals surface area contributed by atoms with Crippen molar-refractivity contribution >= 4 is 30.9 Å². The molecule has 220 valence electrons. The second-order valence-corrected chi connectivity index (χ2v) is 24.7. The third-order valence-electron chi connectivity index (χ3n) is 9.29. The van der Waals surface area contributed by atoms with Gasteiger partial charge in [-0.15, -0.1) is 0 Å². The van der Waals surface area contributed by atoms with Crippen molar-refractivity contribution in [3.63, 3.8) is 0 Å². The highest BCUT2D eigenvalue weighted by molar-refractivity contribution is 6.74. The fourth-order valence-electron chi connectivity index (χ4n) is 5.75. The molecule has 1 fully saturated rings. The lowest BCUT2D eigenvalue weighted by atomic mass is 9.95. The van der Waals surface area contributed by atoms with Crippen LogP contribution in [0, 0.1) is 0 Å². The van der Waals surface area contributed by atoms with Crippen LogP contribution >= 0.6 is 0 Å². The first-order chi connectivity index (χ1) is 17.6. The first-order valence-electron chi connectivity index (χ1n) is 15.1. The maximum atomic E-state index is 13.3. The monoisotopic (exact) mass is 578 g/mol. The van der Waals surface area contributed by atoms with Crippen molar-refractivity contribution in [2.75, 3.05) is 13.2 Å². The van der Waals surface area contributed by atoms with Crippen molar-refractivity contribution in [3.8, 4) is 0 Å². The Labute approximate surface area is 230 Å². The molecule has 7 nitrogen and oxygen atoms in total. The summed E-state index contributed by atoms with van der Waals surface area (Å²) >= 11 is 0. The highest BCUT2D eigenvalue weighted by atomic mass is 28.4. The van der Waals surface area contributed by atoms with E-state index in [1.807, 2.05) is 0 Å². The van der Waals surface area contributed by atoms with Crippen LogP contribution in [-0.4, -0.2) is 79.8 Å². The predicted molar refractivity (Wildman–Crippen MR) is 159 cm³/mol. The van der Waals surface area contributed by atoms with Crippen molar-refractivity contribution in [1.29, 1.82) is 0 Å². The van der Waals surface area contributed by atoms with Gasteiger partial charge in [-0.1, -0.05) is 62.3 Å². The van der Waals surface area contributed by atoms with Gasteiger partial charge in [0.2, 0.25) is 0 Å². The van der Waals surface area contributed by atoms with E-state index in [2.05, 4.69) is 62.3 Å². The van der Waals surface area contributed by atoms with Crippen LogP contribution in [0.2, 0.25) is 54.4 Å². The van der Waals surface area contributed by atoms with E-state index in [1.165, 1.54) is 0 Å². The number of carbonyl (C=O) groups excluding carboxylic acids is 1. The highest BCUT2D eigenvalue weighted by Crippen LogP contribution is 2.39. The SMILES string of the molecule is CCOC(=O)C1O[C@H](CO)[C@@H](O[Si](CC)(CC)CC)[C@H](O[Si](CC)(CC)CC)[C@H]1O[Si](CC)(CC)CC. The Kier molecular flexibility index (Phi) is 15.3. The molecule has 0 radical (unpaired) electrons. The molecular formula is C27H58O7Si3. The number of aliphatic hydroxyl groups excluding tert-OH is 1. The van der Waals surface area contributed by atoms with Gasteiger partial charge in [0, 0.05) is 0 Å². The summed E-state index contributed by atoms with van der Waals surface area (Å²) in [7, 11) is -6.42. The Morgan fingerprint density at radius 2 is 0.973 bits per heavy atom. The van der Waals surface area contributed by atoms with Gasteiger partial charge in [-0.05, 0) is 61.3 Å². The van der Waals surface area contributed by atoms with Crippen molar-refractivity contribution in [2.45, 2.75) is 154 Å². The van der Waals surface area contributed by atoms with Crippen LogP contribution < -0.4 is 0 Å². The standard InChI is InChI=1S/C27H58O7Si3/c1-11-30-27(29)26-25(34-37(18-8,19-9)20-10)24(33-36(15-5,16-6)17-7)23(22(21-28)31-26)32-35(12-2,13-3)14-4/h22-26,28H,11-21H2,1-10H3/t22-,23-,24+,25-,26?/m1/s1. The second-order valence-electron chi connectivity index (χ2n) is 10.5. The van der Waals surface area contributed by atoms with Gasteiger partial charge in [0.15, 0.2) is 31.1 Å². The lowest BCUT2D eigenvalue weighted by Crippen LogP contribution is -2.68. The Hall–Kier alpha value is -0.0794. The third kappa shape index (κ3) is 8.22. The van der Waals surface area contributed by atoms with Crippen LogP contribution in [0.3, 0.4) is 0 Å². The summed E-state index contributed by atoms with van der Waals surface area (Å²) in [4.78, 5) is 13.3. The second kappa shape index (κ2) is 16.2. The summed E-state index contributed by atoms with van der Waals surface area (Å²) in [5.74, 6) is -0.439. The molecule has 0 spiro atoms. The summed E-state index contributed by atoms with van der Waals surface area (Å²) in [6, 6.07) is 8.69. The van der Waals surface area contributed by atoms with Gasteiger partial charge >= 0.3 is 5.97 Å². The van der Waals surface area contributed by atoms with Gasteiger partial charge in [-0.3, -0.25) is 0 Å². The van der Waals surface area contributed by atoms with Crippen LogP contribution in [-0.2, 0) is 27.5 Å². The molecule has 1 saturated heterocycles. The molecule has 10 heteroatoms. The van der Waals surface area contributed by atoms with Crippen LogP contribution in [0.15, 0.2) is 0 Å². The van der Waals surface area contributed by atoms with E-state index in [0.717, 1.165) is 54.4 Å². The van der Waals surface area contributed by atoms with E-state index in [9.17, 15) is 9.90 Å². The minimum atomic E-state index is -2.17. The van der Waals surface area contributed by atoms with Crippen molar-refractivity contribution in [1.82, 2.24) is 0 Å². The maximum Gasteiger partial charge on any atom is 0.338 e. The lowest BCUT2D eigenvalue weighted by molar-refractivity contribution is -0.225. The lowest BCUT2D eigenvalue weighted by Gasteiger charge is -2.52. The van der Waals surface area contributed by atoms with E-state index >= 15 is 0 Å². The van der Waals surface area contributed by atoms with Gasteiger partial charge in [0.25, 0.3) is 0 Å². The van der Waals surface area contributed by atoms with E-state index in [4.69, 9.17) is 22.8 Å². The molecular weight excluding hydrogens is 521 g/mol. The first-order valence-corrected chi connectivity index (χ1v) is 22.7. The molecule has 0 amide bonds. The summed E-state index contributed by atoms with van der Waals surface area (Å²) in [6.07, 6.45) is -3.21. The largest absolute Gasteiger partial charge is 0.464 e. The number of esters is 1. The summed E-state index contributed by atoms with van der Waals surface area (Å²) in [5, 5.41) is 10.5. The van der Waals surface area contributed by atoms with Crippen molar-refractivity contribution in [2.24, 2.45) is 0 Å². The maximum absolute atomic E-state index is 13.3. The van der Waals surface area contributed by atoms with Crippen LogP contribution in [0.4, 0.5) is 0 Å². The molecule has 1 aliphatic rings. The molecule has 0 aromatic rings. The van der Waals surface area contributed by atoms with Gasteiger partial charge in [-0.25, -0.2) is 4.79 Å². The number of rotatable bonds is 18. The molecule has 1 unspecified atom stereocenters. The Morgan fingerprint density at radius 3 is 1.30 bits per heavy atom. The quantitative estimate of drug-likeness (QED) is 0.147. The van der Waals surface area contributed by atoms with E-state index in [1.54, 1.807) is 6.92 Å². The smallest absolute Gasteiger partial charge is 0.338 e. The van der Waals surface area contributed by atoms with Gasteiger partial charge in [0.1, 0.15) is 24.4 Å². The number of carbonyl (C=O) groups is 1. The first kappa shape index (κ1) is 34.9. The van der Waals surface area contributed by atoms with Crippen molar-refractivity contribution < 1.29 is 32.7 Å². The minimum absolute atomic E-state index is 0.244. The number of ether oxygens (including phenoxy) is 2. The average Bonchev–Trinajstić information content (AvgIpc) is 2.94. The van der Waals surface area contributed by atoms with Gasteiger partial charge in [0.05, 0.1) is 13.2 Å². The van der Waals surface area contributed by atoms with Gasteiger partial charge in [-0.2, -0.15) is 0 Å². The van der Waals surface area contributed by atoms with E-state index in [-0.39, 0.29) is 13.2 Å². The number of hydrogen-bond donors (Lipinski definition) is 1. The molecule has 1 aliphatic heterocycles. The molecule has 1 N–H and O–H groups in total. The average molecular weight is 579 g/mol. The van der Waals surface area contributed by atoms with Crippen molar-refractivity contribution in [3.05, 3.63) is 0 Å². The Bertz CT molecular complexity index is 629. The van der Waals surface area contributed by atoms with Crippen LogP contribution in [0.1, 0.15) is 69.2 Å². The Balaban J connectivity index is 3.81. The molecule has 1 rings (SSSR count). The molecule has 0 aromatic carbocycles. The predicted octanol–water partition coefficient (Wildman–Crippen LogP) is 6.48. The molecule has 5 atom stereocenters. The zero-order chi connectivity index (χ0) is 28.3. The summed E-state index contributed by atoms with van der Waals surface area (Å²) in [6.45, 7) is 21.6. The number of hydrogen-bond acceptors (Lipinski definition) is 7. The van der Waals surface area contributed by atoms with E-state index in [0.29, 0.717) is 0 Å². The molecule has 0 aromatic heterocycles. The third-order valence-corrected chi connectivity index (χ3v) is 23.2. The molecule has 37 heavy (non-hydrogen) atoms. The Morgan fingerprint density at radius 1 is 0.622 bits per heavy atom. The van der Waals surface area contributed by atoms with E-state index < -0.39 is 61.4 Å². The molecule has 1 heterocycles. The minimum Gasteiger partial charge on any atom is -0.464 e. The zero-order valence-corrected chi connectivity index (χ0v) is 28.6. The topological polar surface area (TPSA) is 83.5 Å². The molecule has 0 saturated carbocycles. The molecule has 0 aliphatic carbocycles. The summed E-state index contributed by atoms with van der Waals surface area (Å²) < 4.78 is 33.3. The fourth-order valence-corrected chi connectivity index (χ4v) is 14.3. The van der Waals surface area contributed by atoms with Gasteiger partial charge < -0.3 is 27.9 Å². The van der Waals surface area contributed by atoms with Crippen LogP contribution in [0.5, 0.6) is 0 Å². The normalized spacial score (nSPS) is 25.3.